The Balaban J connectivity index is 1.83. The van der Waals surface area contributed by atoms with Crippen molar-refractivity contribution in [2.75, 3.05) is 5.32 Å². The molecule has 9 heteroatoms. The van der Waals surface area contributed by atoms with E-state index < -0.39 is 21.5 Å². The lowest BCUT2D eigenvalue weighted by Crippen LogP contribution is -2.40. The van der Waals surface area contributed by atoms with Crippen LogP contribution < -0.4 is 10.0 Å². The molecule has 3 aromatic rings. The highest BCUT2D eigenvalue weighted by Gasteiger charge is 2.26. The maximum atomic E-state index is 12.4. The van der Waals surface area contributed by atoms with Crippen molar-refractivity contribution in [1.82, 2.24) is 14.9 Å². The number of nitrogens with one attached hydrogen (secondary N) is 3. The van der Waals surface area contributed by atoms with Crippen LogP contribution in [0.4, 0.5) is 5.69 Å². The smallest absolute Gasteiger partial charge is 0.291 e. The molecule has 1 aromatic carbocycles. The molecule has 1 amide bonds. The van der Waals surface area contributed by atoms with Gasteiger partial charge in [-0.3, -0.25) is 9.89 Å². The van der Waals surface area contributed by atoms with Crippen molar-refractivity contribution in [2.24, 2.45) is 0 Å². The Morgan fingerprint density at radius 2 is 1.96 bits per heavy atom. The van der Waals surface area contributed by atoms with Gasteiger partial charge in [0, 0.05) is 10.9 Å². The van der Waals surface area contributed by atoms with Crippen molar-refractivity contribution in [2.45, 2.75) is 31.4 Å². The average Bonchev–Trinajstić information content (AvgIpc) is 3.15. The van der Waals surface area contributed by atoms with Crippen LogP contribution in [-0.4, -0.2) is 30.1 Å². The molecule has 132 valence electrons. The van der Waals surface area contributed by atoms with Crippen molar-refractivity contribution >= 4 is 32.5 Å². The van der Waals surface area contributed by atoms with E-state index >= 15 is 0 Å². The predicted octanol–water partition coefficient (Wildman–Crippen LogP) is 2.49. The lowest BCUT2D eigenvalue weighted by Gasteiger charge is -2.18. The molecule has 0 fully saturated rings. The zero-order chi connectivity index (χ0) is 18.2. The van der Waals surface area contributed by atoms with Gasteiger partial charge in [-0.25, -0.2) is 13.1 Å². The fraction of sp³-hybridized carbons (Fsp3) is 0.250. The van der Waals surface area contributed by atoms with E-state index in [4.69, 9.17) is 4.42 Å². The highest BCUT2D eigenvalue weighted by molar-refractivity contribution is 7.89. The zero-order valence-corrected chi connectivity index (χ0v) is 14.8. The first-order valence-corrected chi connectivity index (χ1v) is 9.01. The molecule has 0 unspecified atom stereocenters. The number of furan rings is 1. The molecular weight excluding hydrogens is 344 g/mol. The van der Waals surface area contributed by atoms with E-state index in [0.29, 0.717) is 11.2 Å². The number of sulfonamides is 1. The molecule has 3 rings (SSSR count). The summed E-state index contributed by atoms with van der Waals surface area (Å²) in [5.74, 6) is -0.662. The van der Waals surface area contributed by atoms with Gasteiger partial charge in [-0.2, -0.15) is 5.10 Å². The minimum atomic E-state index is -3.84. The monoisotopic (exact) mass is 362 g/mol. The Kier molecular flexibility index (Phi) is 4.13. The van der Waals surface area contributed by atoms with Crippen molar-refractivity contribution < 1.29 is 17.6 Å². The first-order valence-electron chi connectivity index (χ1n) is 7.53. The Morgan fingerprint density at radius 1 is 1.20 bits per heavy atom. The minimum absolute atomic E-state index is 0.106. The topological polar surface area (TPSA) is 117 Å². The number of carbonyl (C=O) groups is 1. The van der Waals surface area contributed by atoms with Crippen molar-refractivity contribution in [1.29, 1.82) is 0 Å². The highest BCUT2D eigenvalue weighted by Crippen LogP contribution is 2.22. The van der Waals surface area contributed by atoms with Gasteiger partial charge in [-0.1, -0.05) is 12.1 Å². The number of hydrogen-bond donors (Lipinski definition) is 3. The van der Waals surface area contributed by atoms with Crippen LogP contribution in [0.15, 0.2) is 46.0 Å². The highest BCUT2D eigenvalue weighted by atomic mass is 32.2. The number of rotatable bonds is 4. The predicted molar refractivity (Wildman–Crippen MR) is 92.8 cm³/mol. The Morgan fingerprint density at radius 3 is 2.68 bits per heavy atom. The number of benzene rings is 1. The molecule has 0 saturated heterocycles. The quantitative estimate of drug-likeness (QED) is 0.659. The van der Waals surface area contributed by atoms with Gasteiger partial charge in [0.2, 0.25) is 5.09 Å². The van der Waals surface area contributed by atoms with Gasteiger partial charge in [0.1, 0.15) is 0 Å². The summed E-state index contributed by atoms with van der Waals surface area (Å²) in [6, 6.07) is 7.91. The summed E-state index contributed by atoms with van der Waals surface area (Å²) in [4.78, 5) is 12.4. The number of fused-ring (bicyclic) bond motifs is 1. The molecule has 0 atom stereocenters. The first kappa shape index (κ1) is 17.2. The van der Waals surface area contributed by atoms with Crippen LogP contribution in [0.1, 0.15) is 31.3 Å². The molecule has 0 spiro atoms. The third-order valence-electron chi connectivity index (χ3n) is 3.24. The first-order chi connectivity index (χ1) is 11.7. The molecule has 3 N–H and O–H groups in total. The van der Waals surface area contributed by atoms with E-state index in [1.54, 1.807) is 39.1 Å². The van der Waals surface area contributed by atoms with E-state index in [9.17, 15) is 13.2 Å². The van der Waals surface area contributed by atoms with Crippen molar-refractivity contribution in [3.8, 4) is 0 Å². The van der Waals surface area contributed by atoms with E-state index in [2.05, 4.69) is 20.2 Å². The zero-order valence-electron chi connectivity index (χ0n) is 14.0. The van der Waals surface area contributed by atoms with E-state index in [1.165, 1.54) is 12.1 Å². The Bertz CT molecular complexity index is 1030. The van der Waals surface area contributed by atoms with Crippen LogP contribution in [0, 0.1) is 0 Å². The third kappa shape index (κ3) is 3.72. The maximum Gasteiger partial charge on any atom is 0.291 e. The van der Waals surface area contributed by atoms with Gasteiger partial charge in [0.05, 0.1) is 17.4 Å². The molecule has 8 nitrogen and oxygen atoms in total. The molecule has 0 bridgehead atoms. The van der Waals surface area contributed by atoms with Crippen LogP contribution in [0.5, 0.6) is 0 Å². The van der Waals surface area contributed by atoms with Crippen LogP contribution in [0.2, 0.25) is 0 Å². The number of para-hydroxylation sites is 1. The SMILES string of the molecule is CC(C)(C)NS(=O)(=O)c1ccc(C(=O)Nc2cccc3cn[nH]c23)o1. The summed E-state index contributed by atoms with van der Waals surface area (Å²) < 4.78 is 32.2. The maximum absolute atomic E-state index is 12.4. The summed E-state index contributed by atoms with van der Waals surface area (Å²) in [7, 11) is -3.84. The van der Waals surface area contributed by atoms with E-state index in [1.807, 2.05) is 6.07 Å². The average molecular weight is 362 g/mol. The van der Waals surface area contributed by atoms with Gasteiger partial charge in [0.25, 0.3) is 15.9 Å². The lowest BCUT2D eigenvalue weighted by molar-refractivity contribution is 0.0991. The molecule has 25 heavy (non-hydrogen) atoms. The summed E-state index contributed by atoms with van der Waals surface area (Å²) in [5, 5.41) is 9.94. The number of hydrogen-bond acceptors (Lipinski definition) is 5. The summed E-state index contributed by atoms with van der Waals surface area (Å²) in [6.07, 6.45) is 1.64. The minimum Gasteiger partial charge on any atom is -0.438 e. The molecule has 0 aliphatic carbocycles. The Hall–Kier alpha value is -2.65. The second kappa shape index (κ2) is 6.01. The lowest BCUT2D eigenvalue weighted by atomic mass is 10.1. The number of amides is 1. The molecule has 0 radical (unpaired) electrons. The standard InChI is InChI=1S/C16H18N4O4S/c1-16(2,3)20-25(22,23)13-8-7-12(24-13)15(21)18-11-6-4-5-10-9-17-19-14(10)11/h4-9,20H,1-3H3,(H,17,19)(H,18,21). The van der Waals surface area contributed by atoms with Gasteiger partial charge in [-0.05, 0) is 39.0 Å². The number of anilines is 1. The van der Waals surface area contributed by atoms with Crippen molar-refractivity contribution in [3.05, 3.63) is 42.3 Å². The number of carbonyl (C=O) groups excluding carboxylic acids is 1. The largest absolute Gasteiger partial charge is 0.438 e. The number of nitrogens with zero attached hydrogens (tertiary/aromatic N) is 1. The van der Waals surface area contributed by atoms with Crippen LogP contribution in [0.25, 0.3) is 10.9 Å². The fourth-order valence-electron chi connectivity index (χ4n) is 2.30. The molecular formula is C16H18N4O4S. The molecule has 0 saturated carbocycles. The summed E-state index contributed by atoms with van der Waals surface area (Å²) in [6.45, 7) is 5.14. The third-order valence-corrected chi connectivity index (χ3v) is 4.87. The van der Waals surface area contributed by atoms with Gasteiger partial charge in [-0.15, -0.1) is 0 Å². The number of aromatic nitrogens is 2. The number of aromatic amines is 1. The normalized spacial score (nSPS) is 12.4. The van der Waals surface area contributed by atoms with Gasteiger partial charge >= 0.3 is 0 Å². The summed E-state index contributed by atoms with van der Waals surface area (Å²) in [5.41, 5.74) is 0.530. The second-order valence-electron chi connectivity index (χ2n) is 6.57. The summed E-state index contributed by atoms with van der Waals surface area (Å²) >= 11 is 0. The molecule has 0 aliphatic heterocycles. The molecule has 2 aromatic heterocycles. The van der Waals surface area contributed by atoms with Gasteiger partial charge < -0.3 is 9.73 Å². The number of H-pyrrole nitrogens is 1. The molecule has 2 heterocycles. The Labute approximate surface area is 144 Å². The van der Waals surface area contributed by atoms with E-state index in [0.717, 1.165) is 5.39 Å². The van der Waals surface area contributed by atoms with E-state index in [-0.39, 0.29) is 10.9 Å². The van der Waals surface area contributed by atoms with Crippen LogP contribution in [-0.2, 0) is 10.0 Å². The van der Waals surface area contributed by atoms with Crippen molar-refractivity contribution in [3.63, 3.8) is 0 Å². The van der Waals surface area contributed by atoms with Crippen LogP contribution in [0.3, 0.4) is 0 Å². The molecule has 0 aliphatic rings. The van der Waals surface area contributed by atoms with Gasteiger partial charge in [0.15, 0.2) is 5.76 Å². The fourth-order valence-corrected chi connectivity index (χ4v) is 3.65. The second-order valence-corrected chi connectivity index (χ2v) is 8.18. The van der Waals surface area contributed by atoms with Crippen LogP contribution >= 0.6 is 0 Å².